The Morgan fingerprint density at radius 1 is 1.55 bits per heavy atom. The van der Waals surface area contributed by atoms with Gasteiger partial charge in [-0.1, -0.05) is 24.9 Å². The first kappa shape index (κ1) is 17.7. The Morgan fingerprint density at radius 3 is 2.68 bits per heavy atom. The number of hydrogen-bond donors (Lipinski definition) is 2. The first-order valence-electron chi connectivity index (χ1n) is 6.91. The Hall–Kier alpha value is -0.670. The van der Waals surface area contributed by atoms with E-state index in [1.165, 1.54) is 12.1 Å². The fourth-order valence-corrected chi connectivity index (χ4v) is 5.91. The summed E-state index contributed by atoms with van der Waals surface area (Å²) in [7, 11) is -3.75. The van der Waals surface area contributed by atoms with E-state index in [1.807, 2.05) is 6.92 Å². The van der Waals surface area contributed by atoms with Gasteiger partial charge in [-0.2, -0.15) is 4.31 Å². The van der Waals surface area contributed by atoms with Gasteiger partial charge >= 0.3 is 5.97 Å². The molecule has 2 atom stereocenters. The van der Waals surface area contributed by atoms with Gasteiger partial charge in [-0.3, -0.25) is 4.79 Å². The number of carbonyl (C=O) groups is 1. The van der Waals surface area contributed by atoms with Gasteiger partial charge in [0.2, 0.25) is 0 Å². The van der Waals surface area contributed by atoms with Crippen molar-refractivity contribution in [3.05, 3.63) is 16.5 Å². The Morgan fingerprint density at radius 2 is 2.23 bits per heavy atom. The van der Waals surface area contributed by atoms with E-state index < -0.39 is 27.5 Å². The van der Waals surface area contributed by atoms with Crippen LogP contribution in [0, 0.1) is 5.41 Å². The van der Waals surface area contributed by atoms with Gasteiger partial charge < -0.3 is 10.2 Å². The molecule has 0 radical (unpaired) electrons. The molecule has 1 aromatic rings. The molecule has 2 heterocycles. The van der Waals surface area contributed by atoms with Gasteiger partial charge in [-0.15, -0.1) is 11.3 Å². The van der Waals surface area contributed by atoms with Gasteiger partial charge in [0.05, 0.1) is 15.9 Å². The average molecular weight is 368 g/mol. The number of sulfonamides is 1. The lowest BCUT2D eigenvalue weighted by Gasteiger charge is -2.41. The number of halogens is 1. The van der Waals surface area contributed by atoms with E-state index in [-0.39, 0.29) is 23.7 Å². The molecule has 0 unspecified atom stereocenters. The number of nitrogens with zero attached hydrogens (tertiary/aromatic N) is 1. The second-order valence-corrected chi connectivity index (χ2v) is 9.28. The third-order valence-electron chi connectivity index (χ3n) is 4.09. The molecular formula is C13H18ClNO5S2. The van der Waals surface area contributed by atoms with Crippen LogP contribution >= 0.6 is 22.9 Å². The average Bonchev–Trinajstić information content (AvgIpc) is 2.88. The minimum absolute atomic E-state index is 0.0706. The lowest BCUT2D eigenvalue weighted by molar-refractivity contribution is -0.162. The summed E-state index contributed by atoms with van der Waals surface area (Å²) in [5.41, 5.74) is -1.27. The zero-order valence-corrected chi connectivity index (χ0v) is 14.4. The van der Waals surface area contributed by atoms with Gasteiger partial charge in [-0.05, 0) is 25.0 Å². The van der Waals surface area contributed by atoms with E-state index in [1.54, 1.807) is 0 Å². The number of hydrogen-bond acceptors (Lipinski definition) is 5. The summed E-state index contributed by atoms with van der Waals surface area (Å²) in [6.07, 6.45) is -0.210. The van der Waals surface area contributed by atoms with Crippen LogP contribution in [0.15, 0.2) is 16.3 Å². The van der Waals surface area contributed by atoms with Crippen LogP contribution in [-0.2, 0) is 14.8 Å². The van der Waals surface area contributed by atoms with Gasteiger partial charge in [0, 0.05) is 13.1 Å². The van der Waals surface area contributed by atoms with E-state index >= 15 is 0 Å². The summed E-state index contributed by atoms with van der Waals surface area (Å²) >= 11 is 6.71. The van der Waals surface area contributed by atoms with Crippen molar-refractivity contribution in [1.29, 1.82) is 0 Å². The molecule has 1 aliphatic heterocycles. The Balaban J connectivity index is 2.24. The second-order valence-electron chi connectivity index (χ2n) is 5.40. The molecule has 2 rings (SSSR count). The van der Waals surface area contributed by atoms with Crippen LogP contribution < -0.4 is 0 Å². The number of carboxylic acid groups (broad SMARTS) is 1. The maximum absolute atomic E-state index is 12.5. The number of carboxylic acids is 1. The molecule has 2 N–H and O–H groups in total. The van der Waals surface area contributed by atoms with E-state index in [2.05, 4.69) is 0 Å². The van der Waals surface area contributed by atoms with Crippen LogP contribution in [0.2, 0.25) is 4.34 Å². The monoisotopic (exact) mass is 367 g/mol. The highest BCUT2D eigenvalue weighted by molar-refractivity contribution is 7.91. The summed E-state index contributed by atoms with van der Waals surface area (Å²) in [6.45, 7) is 1.69. The van der Waals surface area contributed by atoms with Gasteiger partial charge in [0.1, 0.15) is 4.21 Å². The quantitative estimate of drug-likeness (QED) is 0.830. The van der Waals surface area contributed by atoms with Gasteiger partial charge in [0.15, 0.2) is 0 Å². The van der Waals surface area contributed by atoms with Crippen molar-refractivity contribution in [2.45, 2.75) is 36.5 Å². The van der Waals surface area contributed by atoms with E-state index in [4.69, 9.17) is 11.6 Å². The molecule has 1 aromatic heterocycles. The minimum atomic E-state index is -3.75. The Bertz CT molecular complexity index is 659. The van der Waals surface area contributed by atoms with Crippen molar-refractivity contribution < 1.29 is 23.4 Å². The summed E-state index contributed by atoms with van der Waals surface area (Å²) in [4.78, 5) is 11.6. The van der Waals surface area contributed by atoms with Crippen molar-refractivity contribution in [1.82, 2.24) is 4.31 Å². The number of thiophene rings is 1. The van der Waals surface area contributed by atoms with Crippen LogP contribution in [0.4, 0.5) is 0 Å². The topological polar surface area (TPSA) is 94.9 Å². The number of β-amino-alcohol motifs (C(OH)–C–C–N with tert-alkyl or cyclic N) is 1. The largest absolute Gasteiger partial charge is 0.481 e. The third-order valence-corrected chi connectivity index (χ3v) is 7.65. The van der Waals surface area contributed by atoms with Crippen molar-refractivity contribution in [3.63, 3.8) is 0 Å². The molecule has 124 valence electrons. The van der Waals surface area contributed by atoms with Crippen LogP contribution in [0.5, 0.6) is 0 Å². The lowest BCUT2D eigenvalue weighted by atomic mass is 9.73. The maximum atomic E-state index is 12.5. The first-order valence-corrected chi connectivity index (χ1v) is 9.54. The van der Waals surface area contributed by atoms with Crippen LogP contribution in [0.3, 0.4) is 0 Å². The fraction of sp³-hybridized carbons (Fsp3) is 0.615. The minimum Gasteiger partial charge on any atom is -0.481 e. The zero-order chi connectivity index (χ0) is 16.5. The summed E-state index contributed by atoms with van der Waals surface area (Å²) in [5, 5.41) is 19.8. The van der Waals surface area contributed by atoms with E-state index in [0.29, 0.717) is 17.2 Å². The first-order chi connectivity index (χ1) is 10.2. The number of aliphatic hydroxyl groups is 1. The molecule has 6 nitrogen and oxygen atoms in total. The highest BCUT2D eigenvalue weighted by Gasteiger charge is 2.50. The van der Waals surface area contributed by atoms with Crippen LogP contribution in [0.25, 0.3) is 0 Å². The second kappa shape index (κ2) is 6.45. The van der Waals surface area contributed by atoms with Crippen LogP contribution in [-0.4, -0.2) is 48.1 Å². The van der Waals surface area contributed by atoms with E-state index in [0.717, 1.165) is 15.6 Å². The predicted octanol–water partition coefficient (Wildman–Crippen LogP) is 2.03. The standard InChI is InChI=1S/C13H18ClNO5S2/c1-2-5-13(12(17)18)6-7-15(8-9(13)16)22(19,20)11-4-3-10(14)21-11/h3-4,9,16H,2,5-8H2,1H3,(H,17,18)/t9-,13-/m0/s1. The summed E-state index contributed by atoms with van der Waals surface area (Å²) in [5.74, 6) is -1.07. The lowest BCUT2D eigenvalue weighted by Crippen LogP contribution is -2.55. The molecule has 1 fully saturated rings. The van der Waals surface area contributed by atoms with Crippen molar-refractivity contribution in [3.8, 4) is 0 Å². The molecule has 0 saturated carbocycles. The molecule has 0 aliphatic carbocycles. The molecule has 0 bridgehead atoms. The number of piperidine rings is 1. The fourth-order valence-electron chi connectivity index (χ4n) is 2.83. The smallest absolute Gasteiger partial charge is 0.312 e. The predicted molar refractivity (Wildman–Crippen MR) is 83.7 cm³/mol. The highest BCUT2D eigenvalue weighted by Crippen LogP contribution is 2.39. The summed E-state index contributed by atoms with van der Waals surface area (Å²) < 4.78 is 26.6. The molecular weight excluding hydrogens is 350 g/mol. The van der Waals surface area contributed by atoms with E-state index in [9.17, 15) is 23.4 Å². The molecule has 1 aliphatic rings. The molecule has 0 amide bonds. The normalized spacial score (nSPS) is 27.0. The molecule has 1 saturated heterocycles. The van der Waals surface area contributed by atoms with Crippen molar-refractivity contribution >= 4 is 38.9 Å². The molecule has 9 heteroatoms. The number of aliphatic hydroxyl groups excluding tert-OH is 1. The van der Waals surface area contributed by atoms with Gasteiger partial charge in [0.25, 0.3) is 10.0 Å². The van der Waals surface area contributed by atoms with Crippen LogP contribution in [0.1, 0.15) is 26.2 Å². The Labute approximate surface area is 138 Å². The highest BCUT2D eigenvalue weighted by atomic mass is 35.5. The van der Waals surface area contributed by atoms with Gasteiger partial charge in [-0.25, -0.2) is 8.42 Å². The van der Waals surface area contributed by atoms with Crippen molar-refractivity contribution in [2.24, 2.45) is 5.41 Å². The third kappa shape index (κ3) is 3.03. The number of rotatable bonds is 5. The molecule has 0 spiro atoms. The Kier molecular flexibility index (Phi) is 5.18. The SMILES string of the molecule is CCC[C@]1(C(=O)O)CCN(S(=O)(=O)c2ccc(Cl)s2)C[C@@H]1O. The van der Waals surface area contributed by atoms with Crippen molar-refractivity contribution in [2.75, 3.05) is 13.1 Å². The molecule has 0 aromatic carbocycles. The maximum Gasteiger partial charge on any atom is 0.312 e. The zero-order valence-electron chi connectivity index (χ0n) is 12.0. The summed E-state index contributed by atoms with van der Waals surface area (Å²) in [6, 6.07) is 2.91. The molecule has 22 heavy (non-hydrogen) atoms. The number of aliphatic carboxylic acids is 1.